The Morgan fingerprint density at radius 3 is 2.57 bits per heavy atom. The van der Waals surface area contributed by atoms with Crippen molar-refractivity contribution >= 4 is 0 Å². The van der Waals surface area contributed by atoms with Crippen LogP contribution in [-0.4, -0.2) is 24.1 Å². The topological polar surface area (TPSA) is 41.5 Å². The third kappa shape index (κ3) is 4.61. The molecule has 0 spiro atoms. The maximum atomic E-state index is 12.1. The lowest BCUT2D eigenvalue weighted by molar-refractivity contribution is -0.274. The second-order valence-corrected chi connectivity index (χ2v) is 5.42. The van der Waals surface area contributed by atoms with E-state index in [1.807, 2.05) is 0 Å². The number of benzene rings is 1. The Morgan fingerprint density at radius 1 is 1.33 bits per heavy atom. The number of halogens is 3. The summed E-state index contributed by atoms with van der Waals surface area (Å²) in [6, 6.07) is 5.35. The van der Waals surface area contributed by atoms with E-state index >= 15 is 0 Å². The summed E-state index contributed by atoms with van der Waals surface area (Å²) < 4.78 is 40.1. The first-order valence-electron chi connectivity index (χ1n) is 7.16. The van der Waals surface area contributed by atoms with Crippen molar-refractivity contribution in [1.82, 2.24) is 5.32 Å². The minimum Gasteiger partial charge on any atom is -0.406 e. The molecule has 1 aliphatic heterocycles. The van der Waals surface area contributed by atoms with E-state index in [2.05, 4.69) is 17.0 Å². The van der Waals surface area contributed by atoms with Crippen LogP contribution in [0.1, 0.15) is 37.9 Å². The van der Waals surface area contributed by atoms with Gasteiger partial charge in [-0.2, -0.15) is 0 Å². The first-order chi connectivity index (χ1) is 9.89. The highest BCUT2D eigenvalue weighted by molar-refractivity contribution is 5.29. The number of alkyl halides is 3. The van der Waals surface area contributed by atoms with Crippen LogP contribution in [-0.2, 0) is 0 Å². The zero-order valence-corrected chi connectivity index (χ0v) is 11.9. The SMILES string of the molecule is CCC1CCNC(C(O)c2ccc(OC(F)(F)F)cc2)C1. The Balaban J connectivity index is 2.00. The molecule has 0 radical (unpaired) electrons. The number of hydrogen-bond donors (Lipinski definition) is 2. The zero-order valence-electron chi connectivity index (χ0n) is 11.9. The van der Waals surface area contributed by atoms with Crippen molar-refractivity contribution in [3.63, 3.8) is 0 Å². The molecule has 3 unspecified atom stereocenters. The van der Waals surface area contributed by atoms with Crippen LogP contribution in [0.5, 0.6) is 5.75 Å². The fourth-order valence-electron chi connectivity index (χ4n) is 2.74. The molecule has 0 amide bonds. The van der Waals surface area contributed by atoms with Gasteiger partial charge in [0, 0.05) is 6.04 Å². The smallest absolute Gasteiger partial charge is 0.406 e. The number of nitrogens with one attached hydrogen (secondary N) is 1. The molecule has 0 saturated carbocycles. The van der Waals surface area contributed by atoms with Crippen LogP contribution >= 0.6 is 0 Å². The quantitative estimate of drug-likeness (QED) is 0.896. The maximum absolute atomic E-state index is 12.1. The van der Waals surface area contributed by atoms with Gasteiger partial charge in [-0.3, -0.25) is 0 Å². The summed E-state index contributed by atoms with van der Waals surface area (Å²) in [7, 11) is 0. The molecule has 1 aromatic rings. The number of piperidine rings is 1. The summed E-state index contributed by atoms with van der Waals surface area (Å²) in [6.45, 7) is 2.98. The van der Waals surface area contributed by atoms with Gasteiger partial charge in [-0.1, -0.05) is 25.5 Å². The number of aliphatic hydroxyl groups is 1. The largest absolute Gasteiger partial charge is 0.573 e. The summed E-state index contributed by atoms with van der Waals surface area (Å²) >= 11 is 0. The van der Waals surface area contributed by atoms with Gasteiger partial charge in [0.2, 0.25) is 0 Å². The third-order valence-electron chi connectivity index (χ3n) is 3.96. The molecule has 2 N–H and O–H groups in total. The van der Waals surface area contributed by atoms with Gasteiger partial charge in [-0.05, 0) is 43.0 Å². The summed E-state index contributed by atoms with van der Waals surface area (Å²) in [5.74, 6) is 0.306. The van der Waals surface area contributed by atoms with E-state index in [0.717, 1.165) is 25.8 Å². The second-order valence-electron chi connectivity index (χ2n) is 5.42. The van der Waals surface area contributed by atoms with E-state index in [0.29, 0.717) is 11.5 Å². The minimum absolute atomic E-state index is 0.0573. The van der Waals surface area contributed by atoms with Crippen molar-refractivity contribution in [2.24, 2.45) is 5.92 Å². The van der Waals surface area contributed by atoms with Gasteiger partial charge in [-0.25, -0.2) is 0 Å². The molecule has 21 heavy (non-hydrogen) atoms. The number of ether oxygens (including phenoxy) is 1. The van der Waals surface area contributed by atoms with Gasteiger partial charge in [-0.15, -0.1) is 13.2 Å². The maximum Gasteiger partial charge on any atom is 0.573 e. The number of rotatable bonds is 4. The number of hydrogen-bond acceptors (Lipinski definition) is 3. The monoisotopic (exact) mass is 303 g/mol. The van der Waals surface area contributed by atoms with E-state index in [1.54, 1.807) is 0 Å². The predicted octanol–water partition coefficient (Wildman–Crippen LogP) is 3.40. The molecular formula is C15H20F3NO2. The van der Waals surface area contributed by atoms with Crippen molar-refractivity contribution in [2.75, 3.05) is 6.54 Å². The van der Waals surface area contributed by atoms with Crippen molar-refractivity contribution < 1.29 is 23.0 Å². The van der Waals surface area contributed by atoms with E-state index in [9.17, 15) is 18.3 Å². The highest BCUT2D eigenvalue weighted by Gasteiger charge is 2.31. The van der Waals surface area contributed by atoms with Crippen LogP contribution in [0.2, 0.25) is 0 Å². The summed E-state index contributed by atoms with van der Waals surface area (Å²) in [5.41, 5.74) is 0.596. The molecule has 2 rings (SSSR count). The van der Waals surface area contributed by atoms with Crippen LogP contribution in [0, 0.1) is 5.92 Å². The molecule has 1 aliphatic rings. The molecule has 1 fully saturated rings. The van der Waals surface area contributed by atoms with Gasteiger partial charge in [0.05, 0.1) is 6.10 Å². The summed E-state index contributed by atoms with van der Waals surface area (Å²) in [6.07, 6.45) is -2.38. The molecular weight excluding hydrogens is 283 g/mol. The van der Waals surface area contributed by atoms with Crippen molar-refractivity contribution in [3.05, 3.63) is 29.8 Å². The lowest BCUT2D eigenvalue weighted by Gasteiger charge is -2.33. The van der Waals surface area contributed by atoms with E-state index in [-0.39, 0.29) is 11.8 Å². The standard InChI is InChI=1S/C15H20F3NO2/c1-2-10-7-8-19-13(9-10)14(20)11-3-5-12(6-4-11)21-15(16,17)18/h3-6,10,13-14,19-20H,2,7-9H2,1H3. The van der Waals surface area contributed by atoms with Crippen molar-refractivity contribution in [2.45, 2.75) is 44.7 Å². The molecule has 1 aromatic carbocycles. The Hall–Kier alpha value is -1.27. The van der Waals surface area contributed by atoms with E-state index in [4.69, 9.17) is 0 Å². The molecule has 1 heterocycles. The molecule has 0 aromatic heterocycles. The summed E-state index contributed by atoms with van der Waals surface area (Å²) in [5, 5.41) is 13.6. The van der Waals surface area contributed by atoms with Gasteiger partial charge in [0.1, 0.15) is 5.75 Å². The molecule has 3 nitrogen and oxygen atoms in total. The van der Waals surface area contributed by atoms with Crippen LogP contribution in [0.25, 0.3) is 0 Å². The van der Waals surface area contributed by atoms with Crippen molar-refractivity contribution in [1.29, 1.82) is 0 Å². The molecule has 118 valence electrons. The molecule has 6 heteroatoms. The van der Waals surface area contributed by atoms with E-state index < -0.39 is 12.5 Å². The molecule has 1 saturated heterocycles. The molecule has 3 atom stereocenters. The van der Waals surface area contributed by atoms with Gasteiger partial charge in [0.25, 0.3) is 0 Å². The highest BCUT2D eigenvalue weighted by Crippen LogP contribution is 2.29. The minimum atomic E-state index is -4.70. The van der Waals surface area contributed by atoms with Crippen LogP contribution in [0.4, 0.5) is 13.2 Å². The van der Waals surface area contributed by atoms with Crippen LogP contribution < -0.4 is 10.1 Å². The first kappa shape index (κ1) is 16.1. The summed E-state index contributed by atoms with van der Waals surface area (Å²) in [4.78, 5) is 0. The average molecular weight is 303 g/mol. The lowest BCUT2D eigenvalue weighted by Crippen LogP contribution is -2.42. The lowest BCUT2D eigenvalue weighted by atomic mass is 9.86. The molecule has 0 aliphatic carbocycles. The van der Waals surface area contributed by atoms with Gasteiger partial charge < -0.3 is 15.2 Å². The fourth-order valence-corrected chi connectivity index (χ4v) is 2.74. The number of aliphatic hydroxyl groups excluding tert-OH is 1. The average Bonchev–Trinajstić information content (AvgIpc) is 2.46. The van der Waals surface area contributed by atoms with E-state index in [1.165, 1.54) is 24.3 Å². The van der Waals surface area contributed by atoms with Crippen molar-refractivity contribution in [3.8, 4) is 5.75 Å². The zero-order chi connectivity index (χ0) is 15.5. The van der Waals surface area contributed by atoms with Gasteiger partial charge in [0.15, 0.2) is 0 Å². The highest BCUT2D eigenvalue weighted by atomic mass is 19.4. The van der Waals surface area contributed by atoms with Gasteiger partial charge >= 0.3 is 6.36 Å². The predicted molar refractivity (Wildman–Crippen MR) is 72.9 cm³/mol. The first-order valence-corrected chi connectivity index (χ1v) is 7.16. The molecule has 0 bridgehead atoms. The Labute approximate surface area is 122 Å². The Bertz CT molecular complexity index is 447. The van der Waals surface area contributed by atoms with Crippen LogP contribution in [0.3, 0.4) is 0 Å². The Kier molecular flexibility index (Phi) is 5.11. The Morgan fingerprint density at radius 2 is 2.00 bits per heavy atom. The van der Waals surface area contributed by atoms with Crippen LogP contribution in [0.15, 0.2) is 24.3 Å². The fraction of sp³-hybridized carbons (Fsp3) is 0.600. The third-order valence-corrected chi connectivity index (χ3v) is 3.96. The second kappa shape index (κ2) is 6.66. The normalized spacial score (nSPS) is 24.6.